The normalized spacial score (nSPS) is 11.2. The first-order valence-electron chi connectivity index (χ1n) is 4.69. The summed E-state index contributed by atoms with van der Waals surface area (Å²) in [6.45, 7) is 5.33. The van der Waals surface area contributed by atoms with Crippen LogP contribution >= 0.6 is 0 Å². The minimum atomic E-state index is 0.559. The Morgan fingerprint density at radius 3 is 2.62 bits per heavy atom. The largest absolute Gasteiger partial charge is 0.304 e. The van der Waals surface area contributed by atoms with Crippen molar-refractivity contribution in [2.24, 2.45) is 0 Å². The van der Waals surface area contributed by atoms with Crippen molar-refractivity contribution in [2.75, 3.05) is 14.1 Å². The number of aromatic nitrogens is 1. The van der Waals surface area contributed by atoms with Gasteiger partial charge in [0.15, 0.2) is 0 Å². The molecule has 0 aliphatic heterocycles. The Morgan fingerprint density at radius 1 is 1.38 bits per heavy atom. The van der Waals surface area contributed by atoms with Crippen molar-refractivity contribution < 1.29 is 0 Å². The lowest BCUT2D eigenvalue weighted by atomic mass is 10.0. The Kier molecular flexibility index (Phi) is 3.43. The van der Waals surface area contributed by atoms with E-state index in [4.69, 9.17) is 0 Å². The predicted octanol–water partition coefficient (Wildman–Crippen LogP) is 2.27. The molecule has 1 rings (SSSR count). The molecule has 0 saturated heterocycles. The highest BCUT2D eigenvalue weighted by Crippen LogP contribution is 2.17. The van der Waals surface area contributed by atoms with Crippen molar-refractivity contribution >= 4 is 0 Å². The second-order valence-corrected chi connectivity index (χ2v) is 3.93. The van der Waals surface area contributed by atoms with Gasteiger partial charge in [0, 0.05) is 12.7 Å². The summed E-state index contributed by atoms with van der Waals surface area (Å²) in [7, 11) is 4.14. The summed E-state index contributed by atoms with van der Waals surface area (Å²) in [5.74, 6) is 0.559. The lowest BCUT2D eigenvalue weighted by molar-refractivity contribution is 0.394. The highest BCUT2D eigenvalue weighted by Gasteiger charge is 2.07. The van der Waals surface area contributed by atoms with E-state index in [1.165, 1.54) is 11.3 Å². The third-order valence-corrected chi connectivity index (χ3v) is 2.01. The molecule has 0 aromatic carbocycles. The van der Waals surface area contributed by atoms with E-state index in [0.717, 1.165) is 6.54 Å². The first-order valence-corrected chi connectivity index (χ1v) is 4.69. The quantitative estimate of drug-likeness (QED) is 0.706. The van der Waals surface area contributed by atoms with Crippen LogP contribution in [0.3, 0.4) is 0 Å². The van der Waals surface area contributed by atoms with Gasteiger partial charge in [0.1, 0.15) is 0 Å². The standard InChI is InChI=1S/C11H18N2/c1-9(2)10-6-5-7-12-11(10)8-13(3)4/h5-7,9H,8H2,1-4H3. The summed E-state index contributed by atoms with van der Waals surface area (Å²) in [6, 6.07) is 4.17. The van der Waals surface area contributed by atoms with Gasteiger partial charge in [-0.1, -0.05) is 19.9 Å². The van der Waals surface area contributed by atoms with Crippen molar-refractivity contribution in [3.05, 3.63) is 29.6 Å². The summed E-state index contributed by atoms with van der Waals surface area (Å²) in [5, 5.41) is 0. The number of nitrogens with zero attached hydrogens (tertiary/aromatic N) is 2. The minimum absolute atomic E-state index is 0.559. The smallest absolute Gasteiger partial charge is 0.0578 e. The first kappa shape index (κ1) is 10.2. The summed E-state index contributed by atoms with van der Waals surface area (Å²) in [6.07, 6.45) is 1.87. The maximum Gasteiger partial charge on any atom is 0.0578 e. The lowest BCUT2D eigenvalue weighted by Crippen LogP contribution is -2.14. The Labute approximate surface area is 80.6 Å². The van der Waals surface area contributed by atoms with Gasteiger partial charge in [-0.2, -0.15) is 0 Å². The van der Waals surface area contributed by atoms with Gasteiger partial charge in [0.05, 0.1) is 5.69 Å². The van der Waals surface area contributed by atoms with E-state index in [1.807, 2.05) is 12.3 Å². The summed E-state index contributed by atoms with van der Waals surface area (Å²) < 4.78 is 0. The van der Waals surface area contributed by atoms with Crippen LogP contribution in [0.1, 0.15) is 31.0 Å². The maximum absolute atomic E-state index is 4.40. The molecule has 0 bridgehead atoms. The van der Waals surface area contributed by atoms with Gasteiger partial charge in [-0.15, -0.1) is 0 Å². The molecule has 1 aromatic rings. The maximum atomic E-state index is 4.40. The molecule has 0 spiro atoms. The zero-order valence-electron chi connectivity index (χ0n) is 8.91. The highest BCUT2D eigenvalue weighted by atomic mass is 15.1. The van der Waals surface area contributed by atoms with Crippen molar-refractivity contribution in [3.8, 4) is 0 Å². The van der Waals surface area contributed by atoms with Gasteiger partial charge in [-0.25, -0.2) is 0 Å². The molecule has 0 saturated carbocycles. The van der Waals surface area contributed by atoms with E-state index in [2.05, 4.69) is 43.9 Å². The Balaban J connectivity index is 2.91. The van der Waals surface area contributed by atoms with Crippen molar-refractivity contribution in [2.45, 2.75) is 26.3 Å². The van der Waals surface area contributed by atoms with Crippen LogP contribution in [0, 0.1) is 0 Å². The Bertz CT molecular complexity index is 267. The molecule has 0 aliphatic carbocycles. The zero-order chi connectivity index (χ0) is 9.84. The second-order valence-electron chi connectivity index (χ2n) is 3.93. The Morgan fingerprint density at radius 2 is 2.08 bits per heavy atom. The third kappa shape index (κ3) is 2.81. The molecule has 0 fully saturated rings. The van der Waals surface area contributed by atoms with Crippen LogP contribution in [-0.4, -0.2) is 24.0 Å². The van der Waals surface area contributed by atoms with Crippen LogP contribution in [0.25, 0.3) is 0 Å². The number of pyridine rings is 1. The van der Waals surface area contributed by atoms with Crippen LogP contribution in [-0.2, 0) is 6.54 Å². The molecule has 0 atom stereocenters. The zero-order valence-corrected chi connectivity index (χ0v) is 8.91. The average molecular weight is 178 g/mol. The average Bonchev–Trinajstić information content (AvgIpc) is 2.03. The van der Waals surface area contributed by atoms with Crippen molar-refractivity contribution in [3.63, 3.8) is 0 Å². The molecule has 1 aromatic heterocycles. The number of hydrogen-bond acceptors (Lipinski definition) is 2. The van der Waals surface area contributed by atoms with Crippen molar-refractivity contribution in [1.29, 1.82) is 0 Å². The third-order valence-electron chi connectivity index (χ3n) is 2.01. The van der Waals surface area contributed by atoms with E-state index in [1.54, 1.807) is 0 Å². The number of hydrogen-bond donors (Lipinski definition) is 0. The van der Waals surface area contributed by atoms with Gasteiger partial charge >= 0.3 is 0 Å². The van der Waals surface area contributed by atoms with E-state index >= 15 is 0 Å². The molecule has 0 unspecified atom stereocenters. The number of rotatable bonds is 3. The minimum Gasteiger partial charge on any atom is -0.304 e. The molecule has 0 N–H and O–H groups in total. The topological polar surface area (TPSA) is 16.1 Å². The molecular weight excluding hydrogens is 160 g/mol. The van der Waals surface area contributed by atoms with Gasteiger partial charge < -0.3 is 4.90 Å². The fourth-order valence-electron chi connectivity index (χ4n) is 1.41. The van der Waals surface area contributed by atoms with Crippen LogP contribution in [0.4, 0.5) is 0 Å². The molecule has 0 radical (unpaired) electrons. The molecule has 0 amide bonds. The summed E-state index contributed by atoms with van der Waals surface area (Å²) in [5.41, 5.74) is 2.55. The monoisotopic (exact) mass is 178 g/mol. The van der Waals surface area contributed by atoms with E-state index in [-0.39, 0.29) is 0 Å². The molecular formula is C11H18N2. The Hall–Kier alpha value is -0.890. The van der Waals surface area contributed by atoms with Gasteiger partial charge in [-0.05, 0) is 31.6 Å². The van der Waals surface area contributed by atoms with Crippen LogP contribution in [0.2, 0.25) is 0 Å². The lowest BCUT2D eigenvalue weighted by Gasteiger charge is -2.14. The summed E-state index contributed by atoms with van der Waals surface area (Å²) >= 11 is 0. The van der Waals surface area contributed by atoms with Gasteiger partial charge in [0.2, 0.25) is 0 Å². The van der Waals surface area contributed by atoms with Crippen LogP contribution < -0.4 is 0 Å². The van der Waals surface area contributed by atoms with E-state index in [0.29, 0.717) is 5.92 Å². The van der Waals surface area contributed by atoms with Crippen LogP contribution in [0.15, 0.2) is 18.3 Å². The fraction of sp³-hybridized carbons (Fsp3) is 0.545. The van der Waals surface area contributed by atoms with Crippen LogP contribution in [0.5, 0.6) is 0 Å². The molecule has 2 nitrogen and oxygen atoms in total. The molecule has 1 heterocycles. The van der Waals surface area contributed by atoms with E-state index < -0.39 is 0 Å². The molecule has 2 heteroatoms. The first-order chi connectivity index (χ1) is 6.11. The highest BCUT2D eigenvalue weighted by molar-refractivity contribution is 5.22. The van der Waals surface area contributed by atoms with Gasteiger partial charge in [0.25, 0.3) is 0 Å². The predicted molar refractivity (Wildman–Crippen MR) is 55.7 cm³/mol. The summed E-state index contributed by atoms with van der Waals surface area (Å²) in [4.78, 5) is 6.55. The molecule has 13 heavy (non-hydrogen) atoms. The van der Waals surface area contributed by atoms with Crippen molar-refractivity contribution in [1.82, 2.24) is 9.88 Å². The second kappa shape index (κ2) is 4.38. The van der Waals surface area contributed by atoms with Gasteiger partial charge in [-0.3, -0.25) is 4.98 Å². The van der Waals surface area contributed by atoms with E-state index in [9.17, 15) is 0 Å². The molecule has 72 valence electrons. The molecule has 0 aliphatic rings. The SMILES string of the molecule is CC(C)c1cccnc1CN(C)C. The fourth-order valence-corrected chi connectivity index (χ4v) is 1.41.